The lowest BCUT2D eigenvalue weighted by molar-refractivity contribution is -0.122. The Balaban J connectivity index is 1.31. The van der Waals surface area contributed by atoms with Crippen LogP contribution in [0.3, 0.4) is 0 Å². The minimum atomic E-state index is -0.144. The number of carbonyl (C=O) groups is 1. The normalized spacial score (nSPS) is 20.3. The maximum Gasteiger partial charge on any atom is 0.274 e. The topological polar surface area (TPSA) is 73.4 Å². The van der Waals surface area contributed by atoms with Gasteiger partial charge in [0, 0.05) is 44.7 Å². The molecule has 26 heavy (non-hydrogen) atoms. The number of nitrogens with one attached hydrogen (secondary N) is 2. The Morgan fingerprint density at radius 1 is 1.19 bits per heavy atom. The third-order valence-corrected chi connectivity index (χ3v) is 5.73. The van der Waals surface area contributed by atoms with Crippen LogP contribution in [0.1, 0.15) is 12.8 Å². The van der Waals surface area contributed by atoms with Crippen LogP contribution in [0.2, 0.25) is 0 Å². The van der Waals surface area contributed by atoms with Gasteiger partial charge in [0.25, 0.3) is 5.56 Å². The molecule has 1 saturated carbocycles. The second-order valence-electron chi connectivity index (χ2n) is 7.90. The van der Waals surface area contributed by atoms with Gasteiger partial charge in [-0.3, -0.25) is 14.7 Å². The van der Waals surface area contributed by atoms with Crippen LogP contribution in [0.25, 0.3) is 10.9 Å². The SMILES string of the molecule is CN1CCN(CC2(CNC(=O)Cn3[nH]c4ccccc4c3=O)CC2)CC1. The molecule has 0 radical (unpaired) electrons. The fraction of sp³-hybridized carbons (Fsp3) is 0.579. The maximum atomic E-state index is 12.3. The Kier molecular flexibility index (Phi) is 4.58. The van der Waals surface area contributed by atoms with E-state index in [4.69, 9.17) is 0 Å². The highest BCUT2D eigenvalue weighted by molar-refractivity contribution is 5.79. The van der Waals surface area contributed by atoms with Crippen LogP contribution in [-0.4, -0.2) is 71.8 Å². The second-order valence-corrected chi connectivity index (χ2v) is 7.90. The van der Waals surface area contributed by atoms with Crippen LogP contribution >= 0.6 is 0 Å². The number of rotatable bonds is 6. The van der Waals surface area contributed by atoms with Crippen molar-refractivity contribution in [3.63, 3.8) is 0 Å². The van der Waals surface area contributed by atoms with E-state index in [1.165, 1.54) is 17.5 Å². The third-order valence-electron chi connectivity index (χ3n) is 5.73. The molecule has 1 aliphatic carbocycles. The van der Waals surface area contributed by atoms with Gasteiger partial charge in [-0.25, -0.2) is 4.68 Å². The van der Waals surface area contributed by atoms with E-state index in [1.807, 2.05) is 18.2 Å². The molecule has 1 aliphatic heterocycles. The fourth-order valence-electron chi connectivity index (χ4n) is 3.75. The van der Waals surface area contributed by atoms with Gasteiger partial charge < -0.3 is 15.1 Å². The average molecular weight is 357 g/mol. The molecule has 2 N–H and O–H groups in total. The van der Waals surface area contributed by atoms with Crippen molar-refractivity contribution in [2.45, 2.75) is 19.4 Å². The van der Waals surface area contributed by atoms with E-state index in [-0.39, 0.29) is 23.4 Å². The molecule has 2 fully saturated rings. The highest BCUT2D eigenvalue weighted by Gasteiger charge is 2.44. The van der Waals surface area contributed by atoms with Gasteiger partial charge in [0.1, 0.15) is 6.54 Å². The standard InChI is InChI=1S/C19H27N5O2/c1-22-8-10-23(11-9-22)14-19(6-7-19)13-20-17(25)12-24-18(26)15-4-2-3-5-16(15)21-24/h2-5,21H,6-14H2,1H3,(H,20,25). The largest absolute Gasteiger partial charge is 0.354 e. The number of nitrogens with zero attached hydrogens (tertiary/aromatic N) is 3. The summed E-state index contributed by atoms with van der Waals surface area (Å²) in [6.07, 6.45) is 2.35. The second kappa shape index (κ2) is 6.89. The van der Waals surface area contributed by atoms with Crippen molar-refractivity contribution >= 4 is 16.8 Å². The fourth-order valence-corrected chi connectivity index (χ4v) is 3.75. The molecule has 1 aromatic heterocycles. The molecule has 7 nitrogen and oxygen atoms in total. The quantitative estimate of drug-likeness (QED) is 0.788. The summed E-state index contributed by atoms with van der Waals surface area (Å²) in [6, 6.07) is 7.33. The van der Waals surface area contributed by atoms with Crippen molar-refractivity contribution in [2.75, 3.05) is 46.3 Å². The number of hydrogen-bond donors (Lipinski definition) is 2. The smallest absolute Gasteiger partial charge is 0.274 e. The average Bonchev–Trinajstić information content (AvgIpc) is 3.34. The minimum absolute atomic E-state index is 0.0398. The predicted octanol–water partition coefficient (Wildman–Crippen LogP) is 0.473. The highest BCUT2D eigenvalue weighted by atomic mass is 16.2. The van der Waals surface area contributed by atoms with E-state index in [0.717, 1.165) is 38.2 Å². The van der Waals surface area contributed by atoms with E-state index < -0.39 is 0 Å². The van der Waals surface area contributed by atoms with Crippen LogP contribution in [0.4, 0.5) is 0 Å². The first-order valence-electron chi connectivity index (χ1n) is 9.40. The monoisotopic (exact) mass is 357 g/mol. The molecule has 0 bridgehead atoms. The molecule has 0 spiro atoms. The summed E-state index contributed by atoms with van der Waals surface area (Å²) >= 11 is 0. The van der Waals surface area contributed by atoms with Crippen molar-refractivity contribution in [2.24, 2.45) is 5.41 Å². The van der Waals surface area contributed by atoms with Gasteiger partial charge in [0.15, 0.2) is 0 Å². The summed E-state index contributed by atoms with van der Waals surface area (Å²) in [5.74, 6) is -0.108. The molecular formula is C19H27N5O2. The molecule has 0 unspecified atom stereocenters. The lowest BCUT2D eigenvalue weighted by Crippen LogP contribution is -2.48. The molecular weight excluding hydrogens is 330 g/mol. The summed E-state index contributed by atoms with van der Waals surface area (Å²) in [7, 11) is 2.16. The number of benzene rings is 1. The zero-order chi connectivity index (χ0) is 18.1. The summed E-state index contributed by atoms with van der Waals surface area (Å²) in [5, 5.41) is 6.68. The van der Waals surface area contributed by atoms with Gasteiger partial charge in [0.05, 0.1) is 10.9 Å². The minimum Gasteiger partial charge on any atom is -0.354 e. The van der Waals surface area contributed by atoms with Crippen LogP contribution < -0.4 is 10.9 Å². The van der Waals surface area contributed by atoms with Crippen LogP contribution in [0.15, 0.2) is 29.1 Å². The number of para-hydroxylation sites is 1. The van der Waals surface area contributed by atoms with E-state index in [9.17, 15) is 9.59 Å². The van der Waals surface area contributed by atoms with Gasteiger partial charge in [-0.05, 0) is 32.0 Å². The van der Waals surface area contributed by atoms with Crippen molar-refractivity contribution in [1.82, 2.24) is 24.9 Å². The van der Waals surface area contributed by atoms with Gasteiger partial charge in [-0.1, -0.05) is 12.1 Å². The molecule has 140 valence electrons. The van der Waals surface area contributed by atoms with Gasteiger partial charge in [-0.15, -0.1) is 0 Å². The molecule has 2 heterocycles. The van der Waals surface area contributed by atoms with E-state index >= 15 is 0 Å². The number of piperazine rings is 1. The first-order valence-corrected chi connectivity index (χ1v) is 9.40. The summed E-state index contributed by atoms with van der Waals surface area (Å²) in [6.45, 7) is 6.25. The van der Waals surface area contributed by atoms with Crippen molar-refractivity contribution in [3.05, 3.63) is 34.6 Å². The van der Waals surface area contributed by atoms with Crippen LogP contribution in [0, 0.1) is 5.41 Å². The Labute approximate surface area is 152 Å². The first kappa shape index (κ1) is 17.3. The molecule has 0 atom stereocenters. The molecule has 2 aromatic rings. The number of fused-ring (bicyclic) bond motifs is 1. The molecule has 1 amide bonds. The Hall–Kier alpha value is -2.12. The Bertz CT molecular complexity index is 843. The number of aromatic nitrogens is 2. The third kappa shape index (κ3) is 3.68. The highest BCUT2D eigenvalue weighted by Crippen LogP contribution is 2.45. The maximum absolute atomic E-state index is 12.3. The zero-order valence-corrected chi connectivity index (χ0v) is 15.3. The lowest BCUT2D eigenvalue weighted by atomic mass is 10.1. The van der Waals surface area contributed by atoms with Crippen LogP contribution in [-0.2, 0) is 11.3 Å². The predicted molar refractivity (Wildman–Crippen MR) is 101 cm³/mol. The van der Waals surface area contributed by atoms with E-state index in [2.05, 4.69) is 27.3 Å². The van der Waals surface area contributed by atoms with Gasteiger partial charge >= 0.3 is 0 Å². The summed E-state index contributed by atoms with van der Waals surface area (Å²) in [5.41, 5.74) is 0.852. The molecule has 1 aromatic carbocycles. The van der Waals surface area contributed by atoms with Crippen molar-refractivity contribution in [1.29, 1.82) is 0 Å². The van der Waals surface area contributed by atoms with Gasteiger partial charge in [-0.2, -0.15) is 0 Å². The van der Waals surface area contributed by atoms with Crippen molar-refractivity contribution < 1.29 is 4.79 Å². The first-order chi connectivity index (χ1) is 12.5. The van der Waals surface area contributed by atoms with E-state index in [1.54, 1.807) is 6.07 Å². The number of H-pyrrole nitrogens is 1. The molecule has 2 aliphatic rings. The van der Waals surface area contributed by atoms with Crippen molar-refractivity contribution in [3.8, 4) is 0 Å². The van der Waals surface area contributed by atoms with Gasteiger partial charge in [0.2, 0.25) is 5.91 Å². The zero-order valence-electron chi connectivity index (χ0n) is 15.3. The number of amides is 1. The van der Waals surface area contributed by atoms with E-state index in [0.29, 0.717) is 11.9 Å². The molecule has 4 rings (SSSR count). The summed E-state index contributed by atoms with van der Waals surface area (Å²) in [4.78, 5) is 29.5. The lowest BCUT2D eigenvalue weighted by Gasteiger charge is -2.34. The molecule has 1 saturated heterocycles. The summed E-state index contributed by atoms with van der Waals surface area (Å²) < 4.78 is 1.39. The number of likely N-dealkylation sites (N-methyl/N-ethyl adjacent to an activating group) is 1. The molecule has 7 heteroatoms. The van der Waals surface area contributed by atoms with Crippen LogP contribution in [0.5, 0.6) is 0 Å². The number of hydrogen-bond acceptors (Lipinski definition) is 4. The Morgan fingerprint density at radius 3 is 2.62 bits per heavy atom. The Morgan fingerprint density at radius 2 is 1.92 bits per heavy atom. The number of carbonyl (C=O) groups excluding carboxylic acids is 1. The number of aromatic amines is 1.